The Hall–Kier alpha value is -3.11. The van der Waals surface area contributed by atoms with E-state index in [0.29, 0.717) is 29.4 Å². The quantitative estimate of drug-likeness (QED) is 0.241. The van der Waals surface area contributed by atoms with Crippen molar-refractivity contribution in [3.8, 4) is 11.5 Å². The second kappa shape index (κ2) is 14.3. The third-order valence-corrected chi connectivity index (χ3v) is 11.2. The summed E-state index contributed by atoms with van der Waals surface area (Å²) in [5.41, 5.74) is 0.872. The lowest BCUT2D eigenvalue weighted by Crippen LogP contribution is -2.40. The van der Waals surface area contributed by atoms with Crippen molar-refractivity contribution in [2.24, 2.45) is 13.0 Å². The van der Waals surface area contributed by atoms with E-state index < -0.39 is 40.0 Å². The Kier molecular flexibility index (Phi) is 10.7. The maximum absolute atomic E-state index is 13.8. The van der Waals surface area contributed by atoms with Crippen LogP contribution >= 0.6 is 35.0 Å². The molecule has 1 N–H and O–H groups in total. The highest BCUT2D eigenvalue weighted by Crippen LogP contribution is 2.39. The number of nitrogens with zero attached hydrogens (tertiary/aromatic N) is 3. The molecule has 2 aliphatic rings. The van der Waals surface area contributed by atoms with Crippen molar-refractivity contribution >= 4 is 56.9 Å². The molecule has 1 aliphatic carbocycles. The van der Waals surface area contributed by atoms with Gasteiger partial charge >= 0.3 is 12.6 Å². The first kappa shape index (κ1) is 34.2. The van der Waals surface area contributed by atoms with Gasteiger partial charge in [0, 0.05) is 51.4 Å². The molecular weight excluding hydrogens is 689 g/mol. The first-order valence-corrected chi connectivity index (χ1v) is 17.3. The molecule has 2 fully saturated rings. The predicted molar refractivity (Wildman–Crippen MR) is 167 cm³/mol. The van der Waals surface area contributed by atoms with Crippen molar-refractivity contribution in [2.75, 3.05) is 26.0 Å². The molecule has 2 aromatic heterocycles. The summed E-state index contributed by atoms with van der Waals surface area (Å²) in [6.45, 7) is -2.79. The number of aryl methyl sites for hydroxylation is 1. The molecule has 248 valence electrons. The number of sulfonamides is 1. The van der Waals surface area contributed by atoms with Gasteiger partial charge in [-0.3, -0.25) is 9.78 Å². The van der Waals surface area contributed by atoms with Crippen LogP contribution in [0.2, 0.25) is 10.0 Å². The van der Waals surface area contributed by atoms with Gasteiger partial charge in [0.15, 0.2) is 16.9 Å². The molecule has 0 spiro atoms. The minimum atomic E-state index is -4.23. The van der Waals surface area contributed by atoms with E-state index in [2.05, 4.69) is 15.0 Å². The number of aromatic nitrogens is 2. The number of nitrogens with one attached hydrogen (secondary N) is 1. The molecule has 1 saturated heterocycles. The van der Waals surface area contributed by atoms with Crippen molar-refractivity contribution in [1.82, 2.24) is 19.2 Å². The zero-order valence-electron chi connectivity index (χ0n) is 24.6. The Balaban J connectivity index is 1.46. The normalized spacial score (nSPS) is 17.6. The van der Waals surface area contributed by atoms with Crippen molar-refractivity contribution in [2.45, 2.75) is 42.2 Å². The van der Waals surface area contributed by atoms with Crippen LogP contribution in [0.15, 0.2) is 47.8 Å². The van der Waals surface area contributed by atoms with Crippen LogP contribution < -0.4 is 14.8 Å². The molecule has 0 unspecified atom stereocenters. The van der Waals surface area contributed by atoms with E-state index in [4.69, 9.17) is 32.7 Å². The molecule has 1 saturated carbocycles. The van der Waals surface area contributed by atoms with Gasteiger partial charge in [0.2, 0.25) is 10.0 Å². The summed E-state index contributed by atoms with van der Waals surface area (Å²) in [6, 6.07) is 5.42. The van der Waals surface area contributed by atoms with Gasteiger partial charge in [0.25, 0.3) is 5.91 Å². The molecule has 46 heavy (non-hydrogen) atoms. The van der Waals surface area contributed by atoms with Gasteiger partial charge in [0.05, 0.1) is 16.7 Å². The topological polar surface area (TPSA) is 129 Å². The molecule has 0 radical (unpaired) electrons. The Morgan fingerprint density at radius 1 is 1.15 bits per heavy atom. The fraction of sp³-hybridized carbons (Fsp3) is 0.414. The number of halogens is 4. The monoisotopic (exact) mass is 718 g/mol. The molecule has 3 aromatic rings. The lowest BCUT2D eigenvalue weighted by molar-refractivity contribution is -0.150. The van der Waals surface area contributed by atoms with Gasteiger partial charge < -0.3 is 24.1 Å². The second-order valence-electron chi connectivity index (χ2n) is 10.6. The van der Waals surface area contributed by atoms with Crippen LogP contribution in [-0.2, 0) is 33.0 Å². The summed E-state index contributed by atoms with van der Waals surface area (Å²) in [4.78, 5) is 29.8. The van der Waals surface area contributed by atoms with Crippen LogP contribution in [0.5, 0.6) is 11.5 Å². The predicted octanol–water partition coefficient (Wildman–Crippen LogP) is 5.07. The molecule has 5 rings (SSSR count). The highest BCUT2D eigenvalue weighted by atomic mass is 35.5. The van der Waals surface area contributed by atoms with E-state index in [1.807, 2.05) is 0 Å². The Morgan fingerprint density at radius 3 is 2.52 bits per heavy atom. The molecule has 1 amide bonds. The third kappa shape index (κ3) is 7.71. The Labute approximate surface area is 278 Å². The van der Waals surface area contributed by atoms with E-state index in [1.165, 1.54) is 61.5 Å². The number of hydrogen-bond donors (Lipinski definition) is 1. The molecule has 0 bridgehead atoms. The summed E-state index contributed by atoms with van der Waals surface area (Å²) in [5.74, 6) is -0.888. The maximum atomic E-state index is 13.8. The number of rotatable bonds is 13. The first-order chi connectivity index (χ1) is 21.9. The summed E-state index contributed by atoms with van der Waals surface area (Å²) < 4.78 is 72.6. The number of carbonyl (C=O) groups is 2. The minimum Gasteiger partial charge on any atom is -0.489 e. The van der Waals surface area contributed by atoms with Crippen LogP contribution in [-0.4, -0.2) is 72.1 Å². The summed E-state index contributed by atoms with van der Waals surface area (Å²) in [5, 5.41) is 1.60. The number of hydrogen-bond acceptors (Lipinski definition) is 9. The van der Waals surface area contributed by atoms with Gasteiger partial charge in [-0.1, -0.05) is 29.3 Å². The number of amides is 1. The van der Waals surface area contributed by atoms with E-state index in [0.717, 1.165) is 28.9 Å². The largest absolute Gasteiger partial charge is 0.489 e. The summed E-state index contributed by atoms with van der Waals surface area (Å²) >= 11 is 13.9. The SMILES string of the molecule is CNC(=O)c1cc(S(=O)(=O)N2CCS[C@H]2C(=O)O[C@@H](Cc2c(Cl)cncc2Cl)c2ccc(OC(F)F)c(OCC3CC3)c2)cn1C. The number of thioether (sulfide) groups is 1. The average Bonchev–Trinajstić information content (AvgIpc) is 3.53. The summed E-state index contributed by atoms with van der Waals surface area (Å²) in [6.07, 6.45) is 4.81. The van der Waals surface area contributed by atoms with E-state index in [1.54, 1.807) is 0 Å². The molecule has 1 aromatic carbocycles. The number of esters is 1. The number of ether oxygens (including phenoxy) is 3. The van der Waals surface area contributed by atoms with Crippen molar-refractivity contribution in [1.29, 1.82) is 0 Å². The van der Waals surface area contributed by atoms with Gasteiger partial charge in [-0.25, -0.2) is 13.2 Å². The third-order valence-electron chi connectivity index (χ3n) is 7.42. The molecule has 11 nitrogen and oxygen atoms in total. The minimum absolute atomic E-state index is 0.0163. The molecule has 17 heteroatoms. The van der Waals surface area contributed by atoms with E-state index >= 15 is 0 Å². The van der Waals surface area contributed by atoms with Crippen molar-refractivity contribution in [3.63, 3.8) is 0 Å². The standard InChI is InChI=1S/C29H30Cl2F2N4O7S2/c1-34-26(38)22-10-18(14-36(22)2)46(40,41)37-7-8-45-27(37)28(39)43-24(11-19-20(30)12-35-13-21(19)31)17-5-6-23(44-29(32)33)25(9-17)42-15-16-3-4-16/h5-6,9-10,12-14,16,24,27,29H,3-4,7-8,11,15H2,1-2H3,(H,34,38)/t24-,27-/m0/s1. The average molecular weight is 720 g/mol. The zero-order valence-corrected chi connectivity index (χ0v) is 27.8. The lowest BCUT2D eigenvalue weighted by atomic mass is 10.0. The van der Waals surface area contributed by atoms with Crippen molar-refractivity contribution < 1.29 is 41.0 Å². The van der Waals surface area contributed by atoms with Crippen LogP contribution in [0.4, 0.5) is 8.78 Å². The Morgan fingerprint density at radius 2 is 1.87 bits per heavy atom. The number of benzene rings is 1. The highest BCUT2D eigenvalue weighted by Gasteiger charge is 2.43. The molecular formula is C29H30Cl2F2N4O7S2. The van der Waals surface area contributed by atoms with Crippen LogP contribution in [0.3, 0.4) is 0 Å². The second-order valence-corrected chi connectivity index (χ2v) is 14.5. The lowest BCUT2D eigenvalue weighted by Gasteiger charge is -2.25. The maximum Gasteiger partial charge on any atom is 0.387 e. The molecule has 1 aliphatic heterocycles. The number of pyridine rings is 1. The van der Waals surface area contributed by atoms with E-state index in [9.17, 15) is 26.8 Å². The highest BCUT2D eigenvalue weighted by molar-refractivity contribution is 8.02. The zero-order chi connectivity index (χ0) is 33.2. The fourth-order valence-electron chi connectivity index (χ4n) is 4.82. The van der Waals surface area contributed by atoms with E-state index in [-0.39, 0.29) is 45.1 Å². The van der Waals surface area contributed by atoms with Gasteiger partial charge in [-0.15, -0.1) is 11.8 Å². The first-order valence-electron chi connectivity index (χ1n) is 14.1. The smallest absolute Gasteiger partial charge is 0.387 e. The number of alkyl halides is 2. The molecule has 3 heterocycles. The molecule has 2 atom stereocenters. The van der Waals surface area contributed by atoms with Crippen LogP contribution in [0.25, 0.3) is 0 Å². The van der Waals surface area contributed by atoms with Crippen LogP contribution in [0, 0.1) is 5.92 Å². The Bertz CT molecular complexity index is 1700. The number of carbonyl (C=O) groups excluding carboxylic acids is 2. The van der Waals surface area contributed by atoms with Gasteiger partial charge in [-0.2, -0.15) is 13.1 Å². The van der Waals surface area contributed by atoms with Gasteiger partial charge in [-0.05, 0) is 48.1 Å². The van der Waals surface area contributed by atoms with Crippen LogP contribution in [0.1, 0.15) is 40.6 Å². The van der Waals surface area contributed by atoms with Crippen molar-refractivity contribution in [3.05, 3.63) is 69.7 Å². The van der Waals surface area contributed by atoms with Gasteiger partial charge in [0.1, 0.15) is 16.7 Å². The fourth-order valence-corrected chi connectivity index (χ4v) is 8.46. The summed E-state index contributed by atoms with van der Waals surface area (Å²) in [7, 11) is -1.27.